The van der Waals surface area contributed by atoms with E-state index < -0.39 is 11.9 Å². The molecule has 0 spiro atoms. The molecule has 0 radical (unpaired) electrons. The predicted octanol–water partition coefficient (Wildman–Crippen LogP) is 2.12. The van der Waals surface area contributed by atoms with Crippen molar-refractivity contribution in [3.63, 3.8) is 0 Å². The van der Waals surface area contributed by atoms with Gasteiger partial charge in [0, 0.05) is 19.3 Å². The fourth-order valence-corrected chi connectivity index (χ4v) is 2.87. The van der Waals surface area contributed by atoms with Crippen LogP contribution in [0.4, 0.5) is 0 Å². The Balaban J connectivity index is 2.35. The van der Waals surface area contributed by atoms with E-state index in [2.05, 4.69) is 17.2 Å². The zero-order valence-electron chi connectivity index (χ0n) is 14.4. The third kappa shape index (κ3) is 4.63. The van der Waals surface area contributed by atoms with Gasteiger partial charge < -0.3 is 0 Å². The summed E-state index contributed by atoms with van der Waals surface area (Å²) in [7, 11) is 0. The molecule has 2 aliphatic rings. The Labute approximate surface area is 142 Å². The molecule has 0 aliphatic carbocycles. The SMILES string of the molecule is CCCC/C1=N/C/C=C\C=C(\C)CC(=O)N1C1CCC(=O)NC1=O. The van der Waals surface area contributed by atoms with Crippen LogP contribution in [0.25, 0.3) is 0 Å². The van der Waals surface area contributed by atoms with Gasteiger partial charge in [-0.25, -0.2) is 0 Å². The van der Waals surface area contributed by atoms with Gasteiger partial charge in [0.2, 0.25) is 17.7 Å². The molecule has 2 rings (SSSR count). The average Bonchev–Trinajstić information content (AvgIpc) is 2.53. The van der Waals surface area contributed by atoms with Gasteiger partial charge in [-0.15, -0.1) is 0 Å². The molecule has 1 saturated heterocycles. The number of carbonyl (C=O) groups is 3. The van der Waals surface area contributed by atoms with Crippen LogP contribution in [-0.4, -0.2) is 41.0 Å². The van der Waals surface area contributed by atoms with Gasteiger partial charge in [0.05, 0.1) is 6.54 Å². The van der Waals surface area contributed by atoms with Crippen LogP contribution in [-0.2, 0) is 14.4 Å². The van der Waals surface area contributed by atoms with E-state index in [1.54, 1.807) is 0 Å². The quantitative estimate of drug-likeness (QED) is 0.801. The largest absolute Gasteiger partial charge is 0.295 e. The molecule has 0 aromatic rings. The first-order chi connectivity index (χ1) is 11.5. The Morgan fingerprint density at radius 3 is 2.83 bits per heavy atom. The van der Waals surface area contributed by atoms with Gasteiger partial charge in [0.1, 0.15) is 11.9 Å². The number of aliphatic imine (C=N–C) groups is 1. The normalized spacial score (nSPS) is 28.5. The molecular formula is C18H25N3O3. The minimum atomic E-state index is -0.651. The van der Waals surface area contributed by atoms with Crippen molar-refractivity contribution in [2.45, 2.75) is 58.4 Å². The molecule has 0 aromatic heterocycles. The molecule has 130 valence electrons. The monoisotopic (exact) mass is 331 g/mol. The lowest BCUT2D eigenvalue weighted by molar-refractivity contribution is -0.142. The first-order valence-electron chi connectivity index (χ1n) is 8.54. The first kappa shape index (κ1) is 18.1. The summed E-state index contributed by atoms with van der Waals surface area (Å²) < 4.78 is 0. The number of nitrogens with zero attached hydrogens (tertiary/aromatic N) is 2. The smallest absolute Gasteiger partial charge is 0.249 e. The van der Waals surface area contributed by atoms with Crippen molar-refractivity contribution in [1.29, 1.82) is 0 Å². The third-order valence-electron chi connectivity index (χ3n) is 4.15. The summed E-state index contributed by atoms with van der Waals surface area (Å²) >= 11 is 0. The van der Waals surface area contributed by atoms with Crippen LogP contribution in [0.2, 0.25) is 0 Å². The predicted molar refractivity (Wildman–Crippen MR) is 92.4 cm³/mol. The van der Waals surface area contributed by atoms with Gasteiger partial charge in [-0.05, 0) is 19.8 Å². The number of hydrogen-bond donors (Lipinski definition) is 1. The number of rotatable bonds is 4. The molecule has 1 fully saturated rings. The van der Waals surface area contributed by atoms with E-state index in [9.17, 15) is 14.4 Å². The van der Waals surface area contributed by atoms with Crippen LogP contribution in [0.5, 0.6) is 0 Å². The first-order valence-corrected chi connectivity index (χ1v) is 8.54. The molecule has 1 atom stereocenters. The molecule has 1 unspecified atom stereocenters. The summed E-state index contributed by atoms with van der Waals surface area (Å²) in [5.41, 5.74) is 0.935. The Morgan fingerprint density at radius 2 is 2.12 bits per heavy atom. The number of amides is 3. The fourth-order valence-electron chi connectivity index (χ4n) is 2.87. The van der Waals surface area contributed by atoms with Gasteiger partial charge in [-0.3, -0.25) is 29.6 Å². The maximum atomic E-state index is 12.9. The van der Waals surface area contributed by atoms with E-state index in [1.165, 1.54) is 4.90 Å². The topological polar surface area (TPSA) is 78.8 Å². The average molecular weight is 331 g/mol. The number of piperidine rings is 1. The second-order valence-corrected chi connectivity index (χ2v) is 6.21. The summed E-state index contributed by atoms with van der Waals surface area (Å²) in [6.45, 7) is 4.45. The van der Waals surface area contributed by atoms with Crippen molar-refractivity contribution in [3.05, 3.63) is 23.8 Å². The Kier molecular flexibility index (Phi) is 6.46. The van der Waals surface area contributed by atoms with Gasteiger partial charge >= 0.3 is 0 Å². The Morgan fingerprint density at radius 1 is 1.33 bits per heavy atom. The number of carbonyl (C=O) groups excluding carboxylic acids is 3. The highest BCUT2D eigenvalue weighted by Crippen LogP contribution is 2.19. The molecule has 2 aliphatic heterocycles. The Hall–Kier alpha value is -2.24. The summed E-state index contributed by atoms with van der Waals surface area (Å²) in [6, 6.07) is -0.651. The van der Waals surface area contributed by atoms with E-state index in [0.29, 0.717) is 25.2 Å². The zero-order chi connectivity index (χ0) is 17.5. The molecule has 0 bridgehead atoms. The van der Waals surface area contributed by atoms with Gasteiger partial charge in [-0.1, -0.05) is 37.1 Å². The van der Waals surface area contributed by atoms with Crippen LogP contribution in [0.15, 0.2) is 28.8 Å². The lowest BCUT2D eigenvalue weighted by Crippen LogP contribution is -2.56. The minimum Gasteiger partial charge on any atom is -0.295 e. The van der Waals surface area contributed by atoms with Crippen molar-refractivity contribution in [2.24, 2.45) is 4.99 Å². The van der Waals surface area contributed by atoms with Gasteiger partial charge in [-0.2, -0.15) is 0 Å². The number of unbranched alkanes of at least 4 members (excludes halogenated alkanes) is 1. The number of hydrogen-bond acceptors (Lipinski definition) is 4. The summed E-state index contributed by atoms with van der Waals surface area (Å²) in [5, 5.41) is 2.34. The summed E-state index contributed by atoms with van der Waals surface area (Å²) in [6.07, 6.45) is 9.10. The highest BCUT2D eigenvalue weighted by Gasteiger charge is 2.36. The molecule has 2 heterocycles. The molecule has 3 amide bonds. The van der Waals surface area contributed by atoms with Crippen molar-refractivity contribution in [1.82, 2.24) is 10.2 Å². The van der Waals surface area contributed by atoms with Crippen molar-refractivity contribution in [3.8, 4) is 0 Å². The van der Waals surface area contributed by atoms with Gasteiger partial charge in [0.15, 0.2) is 0 Å². The van der Waals surface area contributed by atoms with Crippen LogP contribution in [0, 0.1) is 0 Å². The number of amidine groups is 1. The lowest BCUT2D eigenvalue weighted by atomic mass is 10.0. The van der Waals surface area contributed by atoms with Gasteiger partial charge in [0.25, 0.3) is 0 Å². The fraction of sp³-hybridized carbons (Fsp3) is 0.556. The molecule has 6 nitrogen and oxygen atoms in total. The number of imide groups is 1. The second kappa shape index (κ2) is 8.57. The Bertz CT molecular complexity index is 605. The second-order valence-electron chi connectivity index (χ2n) is 6.21. The maximum Gasteiger partial charge on any atom is 0.249 e. The maximum absolute atomic E-state index is 12.9. The molecule has 0 saturated carbocycles. The van der Waals surface area contributed by atoms with Crippen molar-refractivity contribution < 1.29 is 14.4 Å². The molecule has 0 aromatic carbocycles. The van der Waals surface area contributed by atoms with Crippen LogP contribution in [0.1, 0.15) is 52.4 Å². The number of allylic oxidation sites excluding steroid dienone is 2. The lowest BCUT2D eigenvalue weighted by Gasteiger charge is -2.34. The van der Waals surface area contributed by atoms with E-state index in [4.69, 9.17) is 0 Å². The molecular weight excluding hydrogens is 306 g/mol. The highest BCUT2D eigenvalue weighted by atomic mass is 16.2. The molecule has 6 heteroatoms. The van der Waals surface area contributed by atoms with Crippen LogP contribution >= 0.6 is 0 Å². The van der Waals surface area contributed by atoms with Crippen LogP contribution in [0.3, 0.4) is 0 Å². The highest BCUT2D eigenvalue weighted by molar-refractivity contribution is 6.07. The van der Waals surface area contributed by atoms with Crippen LogP contribution < -0.4 is 5.32 Å². The third-order valence-corrected chi connectivity index (χ3v) is 4.15. The van der Waals surface area contributed by atoms with E-state index in [0.717, 1.165) is 18.4 Å². The number of nitrogens with one attached hydrogen (secondary N) is 1. The minimum absolute atomic E-state index is 0.136. The summed E-state index contributed by atoms with van der Waals surface area (Å²) in [5.74, 6) is -0.173. The van der Waals surface area contributed by atoms with E-state index in [-0.39, 0.29) is 24.7 Å². The zero-order valence-corrected chi connectivity index (χ0v) is 14.4. The molecule has 24 heavy (non-hydrogen) atoms. The van der Waals surface area contributed by atoms with Crippen molar-refractivity contribution >= 4 is 23.6 Å². The van der Waals surface area contributed by atoms with E-state index in [1.807, 2.05) is 25.2 Å². The standard InChI is InChI=1S/C18H25N3O3/c1-3-4-8-15-19-11-6-5-7-13(2)12-17(23)21(15)14-9-10-16(22)20-18(14)24/h5-7,14H,3-4,8-12H2,1-2H3,(H,20,22,24)/b6-5-,13-7-,19-15-. The van der Waals surface area contributed by atoms with E-state index >= 15 is 0 Å². The summed E-state index contributed by atoms with van der Waals surface area (Å²) in [4.78, 5) is 42.7. The molecule has 1 N–H and O–H groups in total. The van der Waals surface area contributed by atoms with Crippen molar-refractivity contribution in [2.75, 3.05) is 6.54 Å².